The third kappa shape index (κ3) is 3.40. The lowest BCUT2D eigenvalue weighted by atomic mass is 10.4. The Balaban J connectivity index is 2.46. The summed E-state index contributed by atoms with van der Waals surface area (Å²) in [6, 6.07) is 12.5. The largest absolute Gasteiger partial charge is 0.198 e. The van der Waals surface area contributed by atoms with Crippen LogP contribution < -0.4 is 5.30 Å². The van der Waals surface area contributed by atoms with Crippen molar-refractivity contribution in [1.82, 2.24) is 0 Å². The van der Waals surface area contributed by atoms with Gasteiger partial charge < -0.3 is 0 Å². The van der Waals surface area contributed by atoms with Crippen molar-refractivity contribution >= 4 is 19.1 Å². The van der Waals surface area contributed by atoms with Crippen molar-refractivity contribution in [3.63, 3.8) is 0 Å². The molecule has 1 atom stereocenters. The Hall–Kier alpha value is -1.12. The van der Waals surface area contributed by atoms with Gasteiger partial charge in [0, 0.05) is 12.8 Å². The van der Waals surface area contributed by atoms with Crippen LogP contribution in [0.5, 0.6) is 0 Å². The first kappa shape index (κ1) is 9.96. The van der Waals surface area contributed by atoms with Crippen LogP contribution in [0.2, 0.25) is 0 Å². The fourth-order valence-corrected chi connectivity index (χ4v) is 2.51. The first-order chi connectivity index (χ1) is 6.34. The van der Waals surface area contributed by atoms with Crippen LogP contribution in [-0.4, -0.2) is 12.5 Å². The van der Waals surface area contributed by atoms with Crippen LogP contribution in [0.1, 0.15) is 12.8 Å². The lowest BCUT2D eigenvalue weighted by Gasteiger charge is -1.91. The summed E-state index contributed by atoms with van der Waals surface area (Å²) in [6.45, 7) is 0. The highest BCUT2D eigenvalue weighted by molar-refractivity contribution is 7.63. The summed E-state index contributed by atoms with van der Waals surface area (Å²) in [5.41, 5.74) is 0. The lowest BCUT2D eigenvalue weighted by molar-refractivity contribution is 0.980. The Kier molecular flexibility index (Phi) is 4.23. The number of nitriles is 1. The monoisotopic (exact) mass is 190 g/mol. The smallest absolute Gasteiger partial charge is 0.147 e. The van der Waals surface area contributed by atoms with Gasteiger partial charge in [0.15, 0.2) is 0 Å². The topological polar surface area (TPSA) is 23.8 Å². The van der Waals surface area contributed by atoms with E-state index >= 15 is 0 Å². The zero-order valence-corrected chi connectivity index (χ0v) is 8.50. The zero-order chi connectivity index (χ0) is 9.52. The second-order valence-corrected chi connectivity index (χ2v) is 4.90. The Morgan fingerprint density at radius 2 is 2.00 bits per heavy atom. The molecule has 1 aromatic rings. The summed E-state index contributed by atoms with van der Waals surface area (Å²) in [5.74, 6) is 0. The first-order valence-corrected chi connectivity index (χ1v) is 6.06. The fraction of sp³-hybridized carbons (Fsp3) is 0.273. The van der Waals surface area contributed by atoms with Crippen molar-refractivity contribution < 1.29 is 0 Å². The predicted molar refractivity (Wildman–Crippen MR) is 59.8 cm³/mol. The molecule has 0 bridgehead atoms. The Morgan fingerprint density at radius 1 is 1.31 bits per heavy atom. The second-order valence-electron chi connectivity index (χ2n) is 2.86. The minimum atomic E-state index is -0.288. The maximum atomic E-state index is 8.39. The average Bonchev–Trinajstić information content (AvgIpc) is 2.19. The molecule has 1 nitrogen and oxygen atoms in total. The number of nitrogens with zero attached hydrogens (tertiary/aromatic N) is 1. The van der Waals surface area contributed by atoms with Gasteiger partial charge >= 0.3 is 0 Å². The molecule has 0 saturated heterocycles. The molecule has 13 heavy (non-hydrogen) atoms. The molecule has 0 amide bonds. The quantitative estimate of drug-likeness (QED) is 0.528. The second kappa shape index (κ2) is 5.51. The van der Waals surface area contributed by atoms with Crippen LogP contribution in [0.25, 0.3) is 0 Å². The predicted octanol–water partition coefficient (Wildman–Crippen LogP) is 2.53. The van der Waals surface area contributed by atoms with Crippen molar-refractivity contribution in [3.05, 3.63) is 30.3 Å². The summed E-state index contributed by atoms with van der Waals surface area (Å²) in [5, 5.41) is 9.72. The van der Waals surface area contributed by atoms with Crippen molar-refractivity contribution in [1.29, 1.82) is 5.26 Å². The molecule has 0 spiro atoms. The highest BCUT2D eigenvalue weighted by Gasteiger charge is 2.08. The van der Waals surface area contributed by atoms with E-state index in [4.69, 9.17) is 5.26 Å². The molecule has 66 valence electrons. The first-order valence-electron chi connectivity index (χ1n) is 4.34. The summed E-state index contributed by atoms with van der Waals surface area (Å²) in [7, 11) is -0.288. The summed E-state index contributed by atoms with van der Waals surface area (Å²) < 4.78 is 0. The number of rotatable bonds is 4. The van der Waals surface area contributed by atoms with Crippen LogP contribution >= 0.6 is 7.55 Å². The summed E-state index contributed by atoms with van der Waals surface area (Å²) in [6.07, 6.45) is 6.82. The van der Waals surface area contributed by atoms with Crippen LogP contribution in [0.15, 0.2) is 30.3 Å². The van der Waals surface area contributed by atoms with Gasteiger partial charge in [-0.05, 0) is 12.1 Å². The molecule has 0 aliphatic rings. The molecular formula is C11H13NP+. The van der Waals surface area contributed by atoms with E-state index in [9.17, 15) is 0 Å². The molecule has 1 aromatic carbocycles. The molecule has 0 aliphatic heterocycles. The van der Waals surface area contributed by atoms with Crippen LogP contribution in [0.3, 0.4) is 0 Å². The van der Waals surface area contributed by atoms with E-state index in [0.717, 1.165) is 12.6 Å². The van der Waals surface area contributed by atoms with Crippen LogP contribution in [-0.2, 0) is 0 Å². The van der Waals surface area contributed by atoms with Crippen LogP contribution in [0.4, 0.5) is 0 Å². The number of unbranched alkanes of at least 4 members (excludes halogenated alkanes) is 1. The highest BCUT2D eigenvalue weighted by atomic mass is 31.1. The highest BCUT2D eigenvalue weighted by Crippen LogP contribution is 2.20. The van der Waals surface area contributed by atoms with Gasteiger partial charge in [-0.15, -0.1) is 0 Å². The maximum absolute atomic E-state index is 8.39. The van der Waals surface area contributed by atoms with E-state index in [-0.39, 0.29) is 7.55 Å². The Labute approximate surface area is 80.4 Å². The molecule has 1 unspecified atom stereocenters. The lowest BCUT2D eigenvalue weighted by Crippen LogP contribution is -1.96. The summed E-state index contributed by atoms with van der Waals surface area (Å²) >= 11 is 0. The van der Waals surface area contributed by atoms with Crippen molar-refractivity contribution in [2.45, 2.75) is 12.8 Å². The molecule has 1 rings (SSSR count). The number of benzene rings is 1. The molecule has 0 radical (unpaired) electrons. The van der Waals surface area contributed by atoms with Gasteiger partial charge in [0.2, 0.25) is 0 Å². The SMILES string of the molecule is C=[P+](CCCC#N)c1ccccc1. The van der Waals surface area contributed by atoms with E-state index in [0.29, 0.717) is 6.42 Å². The molecule has 0 saturated carbocycles. The minimum Gasteiger partial charge on any atom is -0.198 e. The van der Waals surface area contributed by atoms with E-state index < -0.39 is 0 Å². The van der Waals surface area contributed by atoms with Crippen molar-refractivity contribution in [2.24, 2.45) is 0 Å². The van der Waals surface area contributed by atoms with Gasteiger partial charge in [-0.2, -0.15) is 5.26 Å². The van der Waals surface area contributed by atoms with Gasteiger partial charge in [-0.1, -0.05) is 18.2 Å². The molecule has 0 aromatic heterocycles. The van der Waals surface area contributed by atoms with E-state index in [2.05, 4.69) is 24.5 Å². The van der Waals surface area contributed by atoms with Gasteiger partial charge in [-0.25, -0.2) is 0 Å². The van der Waals surface area contributed by atoms with Gasteiger partial charge in [0.1, 0.15) is 19.0 Å². The average molecular weight is 190 g/mol. The third-order valence-corrected chi connectivity index (χ3v) is 3.72. The third-order valence-electron chi connectivity index (χ3n) is 1.84. The normalized spacial score (nSPS) is 10.5. The summed E-state index contributed by atoms with van der Waals surface area (Å²) in [4.78, 5) is 0. The molecule has 0 fully saturated rings. The van der Waals surface area contributed by atoms with Crippen LogP contribution in [0, 0.1) is 11.3 Å². The standard InChI is InChI=1S/C11H13NP/c1-13(10-6-5-9-12)11-7-3-2-4-8-11/h2-4,7-8H,1,5-6,10H2/q+1. The Bertz CT molecular complexity index is 311. The van der Waals surface area contributed by atoms with Crippen molar-refractivity contribution in [3.8, 4) is 6.07 Å². The van der Waals surface area contributed by atoms with Crippen molar-refractivity contribution in [2.75, 3.05) is 6.16 Å². The van der Waals surface area contributed by atoms with Gasteiger partial charge in [0.05, 0.1) is 12.4 Å². The van der Waals surface area contributed by atoms with Gasteiger partial charge in [0.25, 0.3) is 0 Å². The van der Waals surface area contributed by atoms with E-state index in [1.807, 2.05) is 18.2 Å². The minimum absolute atomic E-state index is 0.288. The molecule has 2 heteroatoms. The van der Waals surface area contributed by atoms with E-state index in [1.165, 1.54) is 5.30 Å². The number of hydrogen-bond donors (Lipinski definition) is 0. The molecular weight excluding hydrogens is 177 g/mol. The molecule has 0 heterocycles. The van der Waals surface area contributed by atoms with Gasteiger partial charge in [-0.3, -0.25) is 0 Å². The Morgan fingerprint density at radius 3 is 2.62 bits per heavy atom. The molecule has 0 N–H and O–H groups in total. The number of hydrogen-bond acceptors (Lipinski definition) is 1. The fourth-order valence-electron chi connectivity index (χ4n) is 1.12. The molecule has 0 aliphatic carbocycles. The zero-order valence-electron chi connectivity index (χ0n) is 7.61. The maximum Gasteiger partial charge on any atom is 0.147 e. The van der Waals surface area contributed by atoms with E-state index in [1.54, 1.807) is 0 Å².